The molecule has 6 heteroatoms. The van der Waals surface area contributed by atoms with Crippen LogP contribution in [0.4, 0.5) is 0 Å². The lowest BCUT2D eigenvalue weighted by Gasteiger charge is -2.42. The molecule has 4 rings (SSSR count). The Morgan fingerprint density at radius 1 is 0.853 bits per heavy atom. The Hall–Kier alpha value is -1.40. The molecule has 0 amide bonds. The van der Waals surface area contributed by atoms with Crippen molar-refractivity contribution in [1.29, 1.82) is 0 Å². The summed E-state index contributed by atoms with van der Waals surface area (Å²) in [6.07, 6.45) is 12.0. The number of nitrogens with zero attached hydrogens (tertiary/aromatic N) is 1. The van der Waals surface area contributed by atoms with Crippen LogP contribution >= 0.6 is 31.9 Å². The van der Waals surface area contributed by atoms with E-state index >= 15 is 0 Å². The fraction of sp³-hybridized carbons (Fsp3) is 0.571. The molecule has 0 saturated carbocycles. The molecule has 2 aliphatic carbocycles. The fourth-order valence-corrected chi connectivity index (χ4v) is 7.08. The molecule has 0 N–H and O–H groups in total. The van der Waals surface area contributed by atoms with Crippen molar-refractivity contribution in [3.05, 3.63) is 49.2 Å². The van der Waals surface area contributed by atoms with E-state index in [2.05, 4.69) is 55.8 Å². The zero-order valence-electron chi connectivity index (χ0n) is 20.4. The first-order valence-corrected chi connectivity index (χ1v) is 14.4. The highest BCUT2D eigenvalue weighted by molar-refractivity contribution is 9.11. The number of ketones is 2. The van der Waals surface area contributed by atoms with Gasteiger partial charge in [-0.1, -0.05) is 39.0 Å². The summed E-state index contributed by atoms with van der Waals surface area (Å²) < 4.78 is 7.85. The molecule has 1 heterocycles. The summed E-state index contributed by atoms with van der Waals surface area (Å²) in [7, 11) is 2.03. The van der Waals surface area contributed by atoms with Gasteiger partial charge in [0.15, 0.2) is 11.6 Å². The second-order valence-electron chi connectivity index (χ2n) is 9.70. The van der Waals surface area contributed by atoms with Gasteiger partial charge in [-0.05, 0) is 81.7 Å². The normalized spacial score (nSPS) is 19.0. The Morgan fingerprint density at radius 2 is 1.38 bits per heavy atom. The van der Waals surface area contributed by atoms with Crippen molar-refractivity contribution in [2.45, 2.75) is 89.9 Å². The average Bonchev–Trinajstić information content (AvgIpc) is 2.81. The first-order chi connectivity index (χ1) is 16.4. The van der Waals surface area contributed by atoms with E-state index in [0.29, 0.717) is 19.4 Å². The van der Waals surface area contributed by atoms with Gasteiger partial charge >= 0.3 is 0 Å². The Bertz CT molecular complexity index is 959. The number of ether oxygens (including phenoxy) is 1. The smallest absolute Gasteiger partial charge is 0.161 e. The van der Waals surface area contributed by atoms with Gasteiger partial charge in [-0.2, -0.15) is 0 Å². The minimum Gasteiger partial charge on any atom is -0.491 e. The van der Waals surface area contributed by atoms with Crippen LogP contribution in [0.5, 0.6) is 5.75 Å². The van der Waals surface area contributed by atoms with E-state index in [4.69, 9.17) is 4.74 Å². The lowest BCUT2D eigenvalue weighted by Crippen LogP contribution is -2.37. The van der Waals surface area contributed by atoms with E-state index in [1.54, 1.807) is 0 Å². The summed E-state index contributed by atoms with van der Waals surface area (Å²) in [6.45, 7) is 2.91. The maximum atomic E-state index is 13.2. The second kappa shape index (κ2) is 11.6. The maximum Gasteiger partial charge on any atom is 0.161 e. The van der Waals surface area contributed by atoms with Crippen LogP contribution in [0.2, 0.25) is 0 Å². The molecule has 0 aromatic heterocycles. The van der Waals surface area contributed by atoms with Crippen LogP contribution in [0, 0.1) is 0 Å². The minimum atomic E-state index is -0.290. The van der Waals surface area contributed by atoms with Gasteiger partial charge in [0.25, 0.3) is 0 Å². The quantitative estimate of drug-likeness (QED) is 0.273. The summed E-state index contributed by atoms with van der Waals surface area (Å²) in [5, 5.41) is 0. The Kier molecular flexibility index (Phi) is 8.73. The predicted octanol–water partition coefficient (Wildman–Crippen LogP) is 7.99. The van der Waals surface area contributed by atoms with E-state index in [0.717, 1.165) is 74.9 Å². The maximum absolute atomic E-state index is 13.2. The number of carbonyl (C=O) groups is 2. The molecule has 184 valence electrons. The van der Waals surface area contributed by atoms with Crippen LogP contribution in [0.25, 0.3) is 0 Å². The zero-order valence-corrected chi connectivity index (χ0v) is 23.5. The van der Waals surface area contributed by atoms with Crippen LogP contribution in [-0.2, 0) is 9.59 Å². The standard InChI is InChI=1S/C28H35Br2NO3/c1-3-4-5-6-7-8-15-34-28-19(29)16-18(17-20(28)30)25-26-21(11-9-13-23(26)32)31(2)22-12-10-14-24(33)27(22)25/h16-17,25H,3-15H2,1-2H3. The Labute approximate surface area is 220 Å². The molecule has 0 radical (unpaired) electrons. The van der Waals surface area contributed by atoms with Crippen LogP contribution in [-0.4, -0.2) is 30.1 Å². The number of allylic oxidation sites excluding steroid dienone is 4. The van der Waals surface area contributed by atoms with Gasteiger partial charge in [0, 0.05) is 48.3 Å². The molecule has 1 aliphatic heterocycles. The highest BCUT2D eigenvalue weighted by atomic mass is 79.9. The molecular weight excluding hydrogens is 558 g/mol. The highest BCUT2D eigenvalue weighted by Gasteiger charge is 2.42. The summed E-state index contributed by atoms with van der Waals surface area (Å²) in [5.41, 5.74) is 4.82. The van der Waals surface area contributed by atoms with E-state index in [-0.39, 0.29) is 17.5 Å². The first-order valence-electron chi connectivity index (χ1n) is 12.8. The van der Waals surface area contributed by atoms with Crippen molar-refractivity contribution >= 4 is 43.4 Å². The third-order valence-electron chi connectivity index (χ3n) is 7.34. The van der Waals surface area contributed by atoms with Gasteiger partial charge in [-0.15, -0.1) is 0 Å². The van der Waals surface area contributed by atoms with Gasteiger partial charge in [0.2, 0.25) is 0 Å². The van der Waals surface area contributed by atoms with Gasteiger partial charge in [0.1, 0.15) is 5.75 Å². The summed E-state index contributed by atoms with van der Waals surface area (Å²) in [5.74, 6) is 0.859. The summed E-state index contributed by atoms with van der Waals surface area (Å²) in [4.78, 5) is 28.5. The van der Waals surface area contributed by atoms with Gasteiger partial charge in [0.05, 0.1) is 15.6 Å². The molecule has 3 aliphatic rings. The number of benzene rings is 1. The van der Waals surface area contributed by atoms with Gasteiger partial charge in [-0.3, -0.25) is 9.59 Å². The van der Waals surface area contributed by atoms with Crippen LogP contribution in [0.3, 0.4) is 0 Å². The van der Waals surface area contributed by atoms with Crippen molar-refractivity contribution in [3.8, 4) is 5.75 Å². The lowest BCUT2D eigenvalue weighted by molar-refractivity contribution is -0.117. The third-order valence-corrected chi connectivity index (χ3v) is 8.52. The predicted molar refractivity (Wildman–Crippen MR) is 143 cm³/mol. The summed E-state index contributed by atoms with van der Waals surface area (Å²) in [6, 6.07) is 4.10. The molecule has 4 nitrogen and oxygen atoms in total. The van der Waals surface area contributed by atoms with Crippen molar-refractivity contribution in [3.63, 3.8) is 0 Å². The highest BCUT2D eigenvalue weighted by Crippen LogP contribution is 2.50. The lowest BCUT2D eigenvalue weighted by atomic mass is 9.71. The van der Waals surface area contributed by atoms with Crippen molar-refractivity contribution in [2.24, 2.45) is 0 Å². The van der Waals surface area contributed by atoms with Gasteiger partial charge < -0.3 is 9.64 Å². The molecule has 1 aromatic carbocycles. The number of carbonyl (C=O) groups excluding carboxylic acids is 2. The molecule has 0 saturated heterocycles. The topological polar surface area (TPSA) is 46.6 Å². The SMILES string of the molecule is CCCCCCCCOc1c(Br)cc(C2C3=C(CCCC3=O)N(C)C3=C2C(=O)CCC3)cc1Br. The number of halogens is 2. The van der Waals surface area contributed by atoms with Crippen molar-refractivity contribution in [1.82, 2.24) is 4.90 Å². The zero-order chi connectivity index (χ0) is 24.2. The second-order valence-corrected chi connectivity index (χ2v) is 11.4. The monoisotopic (exact) mass is 591 g/mol. The molecule has 0 spiro atoms. The molecule has 0 unspecified atom stereocenters. The van der Waals surface area contributed by atoms with Gasteiger partial charge in [-0.25, -0.2) is 0 Å². The fourth-order valence-electron chi connectivity index (χ4n) is 5.63. The Morgan fingerprint density at radius 3 is 1.94 bits per heavy atom. The largest absolute Gasteiger partial charge is 0.491 e. The van der Waals surface area contributed by atoms with E-state index in [9.17, 15) is 9.59 Å². The molecule has 34 heavy (non-hydrogen) atoms. The van der Waals surface area contributed by atoms with E-state index in [1.807, 2.05) is 7.05 Å². The first kappa shape index (κ1) is 25.7. The average molecular weight is 593 g/mol. The Balaban J connectivity index is 1.61. The van der Waals surface area contributed by atoms with E-state index < -0.39 is 0 Å². The molecule has 0 bridgehead atoms. The molecular formula is C28H35Br2NO3. The van der Waals surface area contributed by atoms with Crippen LogP contribution in [0.1, 0.15) is 95.5 Å². The van der Waals surface area contributed by atoms with Crippen LogP contribution < -0.4 is 4.74 Å². The third kappa shape index (κ3) is 5.23. The molecule has 0 atom stereocenters. The minimum absolute atomic E-state index is 0.179. The number of rotatable bonds is 9. The van der Waals surface area contributed by atoms with Crippen molar-refractivity contribution < 1.29 is 14.3 Å². The number of unbranched alkanes of at least 4 members (excludes halogenated alkanes) is 5. The number of Topliss-reactive ketones (excluding diaryl/α,β-unsaturated/α-hetero) is 2. The summed E-state index contributed by atoms with van der Waals surface area (Å²) >= 11 is 7.44. The van der Waals surface area contributed by atoms with E-state index in [1.165, 1.54) is 32.1 Å². The van der Waals surface area contributed by atoms with Crippen LogP contribution in [0.15, 0.2) is 43.6 Å². The number of hydrogen-bond acceptors (Lipinski definition) is 4. The molecule has 0 fully saturated rings. The molecule has 1 aromatic rings. The number of hydrogen-bond donors (Lipinski definition) is 0. The van der Waals surface area contributed by atoms with Crippen molar-refractivity contribution in [2.75, 3.05) is 13.7 Å².